The molecule has 0 amide bonds. The van der Waals surface area contributed by atoms with E-state index in [1.54, 1.807) is 4.31 Å². The zero-order valence-corrected chi connectivity index (χ0v) is 16.7. The molecule has 2 fully saturated rings. The number of ether oxygens (including phenoxy) is 1. The summed E-state index contributed by atoms with van der Waals surface area (Å²) in [4.78, 5) is 6.30. The lowest BCUT2D eigenvalue weighted by atomic mass is 10.3. The van der Waals surface area contributed by atoms with E-state index in [9.17, 15) is 8.42 Å². The summed E-state index contributed by atoms with van der Waals surface area (Å²) in [5.74, 6) is 0.986. The highest BCUT2D eigenvalue weighted by Crippen LogP contribution is 2.19. The molecule has 0 saturated carbocycles. The van der Waals surface area contributed by atoms with Crippen molar-refractivity contribution in [2.24, 2.45) is 5.73 Å². The van der Waals surface area contributed by atoms with Crippen LogP contribution in [0.25, 0.3) is 0 Å². The van der Waals surface area contributed by atoms with Gasteiger partial charge in [0.1, 0.15) is 0 Å². The molecule has 2 aliphatic rings. The highest BCUT2D eigenvalue weighted by Gasteiger charge is 2.36. The van der Waals surface area contributed by atoms with Crippen LogP contribution in [-0.2, 0) is 28.0 Å². The van der Waals surface area contributed by atoms with Crippen molar-refractivity contribution >= 4 is 22.6 Å². The summed E-state index contributed by atoms with van der Waals surface area (Å²) in [7, 11) is -3.45. The van der Waals surface area contributed by atoms with E-state index < -0.39 is 10.2 Å². The maximum atomic E-state index is 12.9. The van der Waals surface area contributed by atoms with Crippen molar-refractivity contribution in [2.75, 3.05) is 39.3 Å². The first kappa shape index (κ1) is 21.5. The number of nitrogens with two attached hydrogens (primary N) is 1. The van der Waals surface area contributed by atoms with Crippen molar-refractivity contribution in [1.82, 2.24) is 23.7 Å². The normalized spacial score (nSPS) is 26.6. The zero-order chi connectivity index (χ0) is 18.0. The van der Waals surface area contributed by atoms with Crippen LogP contribution in [0.15, 0.2) is 4.52 Å². The molecule has 0 spiro atoms. The Morgan fingerprint density at radius 1 is 1.12 bits per heavy atom. The van der Waals surface area contributed by atoms with Gasteiger partial charge in [0, 0.05) is 39.3 Å². The van der Waals surface area contributed by atoms with Crippen LogP contribution in [0, 0.1) is 0 Å². The molecule has 3 heterocycles. The first-order valence-electron chi connectivity index (χ1n) is 8.53. The second-order valence-electron chi connectivity index (χ2n) is 6.57. The van der Waals surface area contributed by atoms with Gasteiger partial charge in [0.25, 0.3) is 10.2 Å². The molecule has 2 atom stereocenters. The van der Waals surface area contributed by atoms with Crippen LogP contribution in [0.2, 0.25) is 0 Å². The molecular weight excluding hydrogens is 384 g/mol. The van der Waals surface area contributed by atoms with E-state index in [1.165, 1.54) is 4.31 Å². The van der Waals surface area contributed by atoms with Gasteiger partial charge in [-0.15, -0.1) is 12.4 Å². The SMILES string of the molecule is CC1CN(S(=O)(=O)N2CCN(Cc3noc(CN)n3)CC2)CC(C)O1.Cl. The average Bonchev–Trinajstić information content (AvgIpc) is 3.02. The fourth-order valence-corrected chi connectivity index (χ4v) is 4.99. The Bertz CT molecular complexity index is 669. The summed E-state index contributed by atoms with van der Waals surface area (Å²) >= 11 is 0. The van der Waals surface area contributed by atoms with Gasteiger partial charge in [-0.25, -0.2) is 0 Å². The molecule has 1 aromatic heterocycles. The highest BCUT2D eigenvalue weighted by atomic mass is 35.5. The van der Waals surface area contributed by atoms with E-state index >= 15 is 0 Å². The van der Waals surface area contributed by atoms with Gasteiger partial charge in [0.2, 0.25) is 5.89 Å². The van der Waals surface area contributed by atoms with E-state index in [0.29, 0.717) is 57.5 Å². The quantitative estimate of drug-likeness (QED) is 0.685. The topological polar surface area (TPSA) is 118 Å². The number of aromatic nitrogens is 2. The summed E-state index contributed by atoms with van der Waals surface area (Å²) in [5.41, 5.74) is 5.46. The summed E-state index contributed by atoms with van der Waals surface area (Å²) in [6, 6.07) is 0. The Balaban J connectivity index is 0.00000243. The molecule has 2 N–H and O–H groups in total. The Morgan fingerprint density at radius 2 is 1.73 bits per heavy atom. The van der Waals surface area contributed by atoms with Crippen LogP contribution in [-0.4, -0.2) is 83.5 Å². The summed E-state index contributed by atoms with van der Waals surface area (Å²) in [5, 5.41) is 3.88. The van der Waals surface area contributed by atoms with Gasteiger partial charge < -0.3 is 15.0 Å². The van der Waals surface area contributed by atoms with Gasteiger partial charge in [-0.1, -0.05) is 5.16 Å². The highest BCUT2D eigenvalue weighted by molar-refractivity contribution is 7.86. The molecule has 1 aromatic rings. The maximum Gasteiger partial charge on any atom is 0.282 e. The monoisotopic (exact) mass is 410 g/mol. The van der Waals surface area contributed by atoms with E-state index in [0.717, 1.165) is 0 Å². The van der Waals surface area contributed by atoms with Gasteiger partial charge in [0.15, 0.2) is 5.82 Å². The fourth-order valence-electron chi connectivity index (χ4n) is 3.24. The van der Waals surface area contributed by atoms with Crippen molar-refractivity contribution in [1.29, 1.82) is 0 Å². The molecule has 10 nitrogen and oxygen atoms in total. The molecule has 150 valence electrons. The second kappa shape index (κ2) is 8.91. The largest absolute Gasteiger partial charge is 0.373 e. The Hall–Kier alpha value is -0.820. The predicted molar refractivity (Wildman–Crippen MR) is 96.8 cm³/mol. The zero-order valence-electron chi connectivity index (χ0n) is 15.1. The van der Waals surface area contributed by atoms with E-state index in [-0.39, 0.29) is 31.2 Å². The minimum Gasteiger partial charge on any atom is -0.373 e. The third-order valence-electron chi connectivity index (χ3n) is 4.42. The molecule has 2 aliphatic heterocycles. The Kier molecular flexibility index (Phi) is 7.36. The van der Waals surface area contributed by atoms with Crippen molar-refractivity contribution in [3.05, 3.63) is 11.7 Å². The third kappa shape index (κ3) is 4.91. The minimum absolute atomic E-state index is 0. The molecular formula is C14H27ClN6O4S. The first-order chi connectivity index (χ1) is 11.9. The number of piperazine rings is 1. The molecule has 0 radical (unpaired) electrons. The van der Waals surface area contributed by atoms with Crippen LogP contribution >= 0.6 is 12.4 Å². The van der Waals surface area contributed by atoms with Gasteiger partial charge in [0.05, 0.1) is 25.3 Å². The smallest absolute Gasteiger partial charge is 0.282 e. The lowest BCUT2D eigenvalue weighted by Crippen LogP contribution is -2.57. The number of halogens is 1. The van der Waals surface area contributed by atoms with Crippen molar-refractivity contribution in [3.63, 3.8) is 0 Å². The van der Waals surface area contributed by atoms with Crippen LogP contribution in [0.5, 0.6) is 0 Å². The number of morpholine rings is 1. The number of hydrogen-bond acceptors (Lipinski definition) is 8. The number of rotatable bonds is 5. The fraction of sp³-hybridized carbons (Fsp3) is 0.857. The van der Waals surface area contributed by atoms with E-state index in [1.807, 2.05) is 13.8 Å². The Morgan fingerprint density at radius 3 is 2.27 bits per heavy atom. The lowest BCUT2D eigenvalue weighted by molar-refractivity contribution is -0.0457. The lowest BCUT2D eigenvalue weighted by Gasteiger charge is -2.40. The second-order valence-corrected chi connectivity index (χ2v) is 8.49. The van der Waals surface area contributed by atoms with Crippen molar-refractivity contribution in [3.8, 4) is 0 Å². The van der Waals surface area contributed by atoms with E-state index in [2.05, 4.69) is 15.0 Å². The summed E-state index contributed by atoms with van der Waals surface area (Å²) < 4.78 is 39.4. The van der Waals surface area contributed by atoms with Crippen LogP contribution < -0.4 is 5.73 Å². The van der Waals surface area contributed by atoms with Gasteiger partial charge in [-0.2, -0.15) is 22.0 Å². The summed E-state index contributed by atoms with van der Waals surface area (Å²) in [6.07, 6.45) is -0.176. The van der Waals surface area contributed by atoms with Crippen molar-refractivity contribution < 1.29 is 17.7 Å². The van der Waals surface area contributed by atoms with Gasteiger partial charge >= 0.3 is 0 Å². The molecule has 2 unspecified atom stereocenters. The average molecular weight is 411 g/mol. The standard InChI is InChI=1S/C14H26N6O4S.ClH/c1-11-8-20(9-12(2)23-11)25(21,22)19-5-3-18(4-6-19)10-13-16-14(7-15)24-17-13;/h11-12H,3-10,15H2,1-2H3;1H. The Labute approximate surface area is 160 Å². The molecule has 0 aliphatic carbocycles. The van der Waals surface area contributed by atoms with Crippen LogP contribution in [0.3, 0.4) is 0 Å². The van der Waals surface area contributed by atoms with Gasteiger partial charge in [-0.3, -0.25) is 4.90 Å². The predicted octanol–water partition coefficient (Wildman–Crippen LogP) is -0.578. The molecule has 26 heavy (non-hydrogen) atoms. The molecule has 3 rings (SSSR count). The summed E-state index contributed by atoms with van der Waals surface area (Å²) in [6.45, 7) is 7.50. The molecule has 12 heteroatoms. The minimum atomic E-state index is -3.45. The van der Waals surface area contributed by atoms with Crippen LogP contribution in [0.4, 0.5) is 0 Å². The van der Waals surface area contributed by atoms with Gasteiger partial charge in [-0.05, 0) is 13.8 Å². The van der Waals surface area contributed by atoms with Crippen LogP contribution in [0.1, 0.15) is 25.6 Å². The number of hydrogen-bond donors (Lipinski definition) is 1. The number of nitrogens with zero attached hydrogens (tertiary/aromatic N) is 5. The molecule has 0 aromatic carbocycles. The molecule has 2 saturated heterocycles. The maximum absolute atomic E-state index is 12.9. The third-order valence-corrected chi connectivity index (χ3v) is 6.39. The van der Waals surface area contributed by atoms with E-state index in [4.69, 9.17) is 15.0 Å². The first-order valence-corrected chi connectivity index (χ1v) is 9.92. The van der Waals surface area contributed by atoms with Crippen molar-refractivity contribution in [2.45, 2.75) is 39.1 Å². The molecule has 0 bridgehead atoms.